The normalized spacial score (nSPS) is 14.7. The van der Waals surface area contributed by atoms with Gasteiger partial charge in [0.1, 0.15) is 0 Å². The van der Waals surface area contributed by atoms with Crippen LogP contribution in [0.2, 0.25) is 0 Å². The lowest BCUT2D eigenvalue weighted by Gasteiger charge is -2.21. The van der Waals surface area contributed by atoms with Crippen molar-refractivity contribution in [3.8, 4) is 0 Å². The molecule has 0 saturated heterocycles. The molecule has 0 aliphatic carbocycles. The summed E-state index contributed by atoms with van der Waals surface area (Å²) in [5, 5.41) is 3.62. The van der Waals surface area contributed by atoms with Crippen LogP contribution in [-0.4, -0.2) is 26.3 Å². The predicted molar refractivity (Wildman–Crippen MR) is 81.1 cm³/mol. The van der Waals surface area contributed by atoms with Gasteiger partial charge in [0.15, 0.2) is 0 Å². The summed E-state index contributed by atoms with van der Waals surface area (Å²) >= 11 is 0. The van der Waals surface area contributed by atoms with Crippen LogP contribution in [0, 0.1) is 5.92 Å². The Balaban J connectivity index is 3.62. The third-order valence-corrected chi connectivity index (χ3v) is 3.54. The summed E-state index contributed by atoms with van der Waals surface area (Å²) < 4.78 is 5.22. The van der Waals surface area contributed by atoms with Crippen molar-refractivity contribution in [2.24, 2.45) is 5.92 Å². The maximum Gasteiger partial charge on any atom is 0.0488 e. The smallest absolute Gasteiger partial charge is 0.0488 e. The second-order valence-electron chi connectivity index (χ2n) is 5.61. The van der Waals surface area contributed by atoms with Crippen LogP contribution in [0.15, 0.2) is 0 Å². The first-order valence-electron chi connectivity index (χ1n) is 7.96. The number of hydrogen-bond acceptors (Lipinski definition) is 2. The van der Waals surface area contributed by atoms with Crippen LogP contribution in [0.5, 0.6) is 0 Å². The minimum Gasteiger partial charge on any atom is -0.384 e. The molecular formula is C16H35NO. The highest BCUT2D eigenvalue weighted by molar-refractivity contribution is 4.69. The van der Waals surface area contributed by atoms with Crippen molar-refractivity contribution < 1.29 is 4.74 Å². The van der Waals surface area contributed by atoms with Crippen LogP contribution < -0.4 is 5.32 Å². The molecule has 2 heteroatoms. The molecular weight excluding hydrogens is 222 g/mol. The molecule has 18 heavy (non-hydrogen) atoms. The fraction of sp³-hybridized carbons (Fsp3) is 1.00. The van der Waals surface area contributed by atoms with Crippen LogP contribution >= 0.6 is 0 Å². The lowest BCUT2D eigenvalue weighted by atomic mass is 9.97. The maximum atomic E-state index is 5.22. The molecule has 0 radical (unpaired) electrons. The third-order valence-electron chi connectivity index (χ3n) is 3.54. The van der Waals surface area contributed by atoms with Crippen LogP contribution in [0.3, 0.4) is 0 Å². The van der Waals surface area contributed by atoms with E-state index in [1.54, 1.807) is 7.11 Å². The number of unbranched alkanes of at least 4 members (excludes halogenated alkanes) is 5. The van der Waals surface area contributed by atoms with Crippen LogP contribution in [0.1, 0.15) is 72.1 Å². The van der Waals surface area contributed by atoms with Gasteiger partial charge in [0.2, 0.25) is 0 Å². The SMILES string of the molecule is CCCCCCCCC(CC(C)COC)NCC. The lowest BCUT2D eigenvalue weighted by molar-refractivity contribution is 0.148. The fourth-order valence-corrected chi connectivity index (χ4v) is 2.60. The number of rotatable bonds is 13. The first kappa shape index (κ1) is 17.9. The van der Waals surface area contributed by atoms with E-state index >= 15 is 0 Å². The van der Waals surface area contributed by atoms with Crippen molar-refractivity contribution in [2.75, 3.05) is 20.3 Å². The van der Waals surface area contributed by atoms with E-state index < -0.39 is 0 Å². The molecule has 110 valence electrons. The van der Waals surface area contributed by atoms with E-state index in [9.17, 15) is 0 Å². The summed E-state index contributed by atoms with van der Waals surface area (Å²) in [5.41, 5.74) is 0. The summed E-state index contributed by atoms with van der Waals surface area (Å²) in [6.45, 7) is 8.74. The predicted octanol–water partition coefficient (Wildman–Crippen LogP) is 4.39. The summed E-state index contributed by atoms with van der Waals surface area (Å²) in [4.78, 5) is 0. The van der Waals surface area contributed by atoms with Gasteiger partial charge < -0.3 is 10.1 Å². The highest BCUT2D eigenvalue weighted by atomic mass is 16.5. The molecule has 1 N–H and O–H groups in total. The second kappa shape index (κ2) is 13.4. The summed E-state index contributed by atoms with van der Waals surface area (Å²) in [7, 11) is 1.80. The quantitative estimate of drug-likeness (QED) is 0.494. The van der Waals surface area contributed by atoms with Gasteiger partial charge >= 0.3 is 0 Å². The van der Waals surface area contributed by atoms with Gasteiger partial charge in [-0.15, -0.1) is 0 Å². The maximum absolute atomic E-state index is 5.22. The van der Waals surface area contributed by atoms with Crippen molar-refractivity contribution in [3.05, 3.63) is 0 Å². The average molecular weight is 257 g/mol. The van der Waals surface area contributed by atoms with Crippen molar-refractivity contribution in [1.29, 1.82) is 0 Å². The van der Waals surface area contributed by atoms with E-state index in [0.717, 1.165) is 13.2 Å². The highest BCUT2D eigenvalue weighted by Gasteiger charge is 2.11. The first-order chi connectivity index (χ1) is 8.74. The van der Waals surface area contributed by atoms with Gasteiger partial charge in [-0.1, -0.05) is 59.3 Å². The van der Waals surface area contributed by atoms with Gasteiger partial charge in [-0.25, -0.2) is 0 Å². The average Bonchev–Trinajstić information content (AvgIpc) is 2.34. The first-order valence-corrected chi connectivity index (χ1v) is 7.96. The second-order valence-corrected chi connectivity index (χ2v) is 5.61. The van der Waals surface area contributed by atoms with Crippen molar-refractivity contribution in [3.63, 3.8) is 0 Å². The summed E-state index contributed by atoms with van der Waals surface area (Å²) in [5.74, 6) is 0.666. The fourth-order valence-electron chi connectivity index (χ4n) is 2.60. The molecule has 2 nitrogen and oxygen atoms in total. The zero-order chi connectivity index (χ0) is 13.6. The molecule has 0 spiro atoms. The molecule has 0 bridgehead atoms. The molecule has 2 atom stereocenters. The molecule has 0 amide bonds. The van der Waals surface area contributed by atoms with E-state index in [-0.39, 0.29) is 0 Å². The van der Waals surface area contributed by atoms with Gasteiger partial charge in [-0.2, -0.15) is 0 Å². The number of nitrogens with one attached hydrogen (secondary N) is 1. The Bertz CT molecular complexity index is 161. The van der Waals surface area contributed by atoms with Crippen LogP contribution in [0.4, 0.5) is 0 Å². The topological polar surface area (TPSA) is 21.3 Å². The van der Waals surface area contributed by atoms with E-state index in [4.69, 9.17) is 4.74 Å². The Hall–Kier alpha value is -0.0800. The Morgan fingerprint density at radius 2 is 1.67 bits per heavy atom. The number of hydrogen-bond donors (Lipinski definition) is 1. The van der Waals surface area contributed by atoms with Gasteiger partial charge in [-0.3, -0.25) is 0 Å². The molecule has 0 saturated carbocycles. The van der Waals surface area contributed by atoms with E-state index in [0.29, 0.717) is 12.0 Å². The summed E-state index contributed by atoms with van der Waals surface area (Å²) in [6.07, 6.45) is 10.9. The Labute approximate surface area is 115 Å². The van der Waals surface area contributed by atoms with Crippen molar-refractivity contribution in [2.45, 2.75) is 78.2 Å². The van der Waals surface area contributed by atoms with Crippen molar-refractivity contribution >= 4 is 0 Å². The minimum atomic E-state index is 0.666. The van der Waals surface area contributed by atoms with Crippen molar-refractivity contribution in [1.82, 2.24) is 5.32 Å². The number of ether oxygens (including phenoxy) is 1. The van der Waals surface area contributed by atoms with Gasteiger partial charge in [0, 0.05) is 19.8 Å². The Morgan fingerprint density at radius 1 is 1.00 bits per heavy atom. The lowest BCUT2D eigenvalue weighted by Crippen LogP contribution is -2.31. The minimum absolute atomic E-state index is 0.666. The zero-order valence-corrected chi connectivity index (χ0v) is 13.1. The number of methoxy groups -OCH3 is 1. The van der Waals surface area contributed by atoms with Crippen LogP contribution in [-0.2, 0) is 4.74 Å². The monoisotopic (exact) mass is 257 g/mol. The molecule has 0 rings (SSSR count). The van der Waals surface area contributed by atoms with Gasteiger partial charge in [0.05, 0.1) is 0 Å². The molecule has 0 aliphatic heterocycles. The van der Waals surface area contributed by atoms with Gasteiger partial charge in [-0.05, 0) is 25.3 Å². The molecule has 0 fully saturated rings. The molecule has 0 aliphatic rings. The Kier molecular flexibility index (Phi) is 13.3. The van der Waals surface area contributed by atoms with Gasteiger partial charge in [0.25, 0.3) is 0 Å². The van der Waals surface area contributed by atoms with E-state index in [1.807, 2.05) is 0 Å². The van der Waals surface area contributed by atoms with E-state index in [1.165, 1.54) is 51.4 Å². The zero-order valence-electron chi connectivity index (χ0n) is 13.1. The summed E-state index contributed by atoms with van der Waals surface area (Å²) in [6, 6.07) is 0.686. The molecule has 0 aromatic carbocycles. The van der Waals surface area contributed by atoms with E-state index in [2.05, 4.69) is 26.1 Å². The largest absolute Gasteiger partial charge is 0.384 e. The highest BCUT2D eigenvalue weighted by Crippen LogP contribution is 2.14. The molecule has 0 aromatic rings. The molecule has 0 aromatic heterocycles. The standard InChI is InChI=1S/C16H35NO/c1-5-7-8-9-10-11-12-16(17-6-2)13-15(3)14-18-4/h15-17H,5-14H2,1-4H3. The van der Waals surface area contributed by atoms with Crippen LogP contribution in [0.25, 0.3) is 0 Å². The third kappa shape index (κ3) is 11.0. The Morgan fingerprint density at radius 3 is 2.28 bits per heavy atom. The molecule has 0 heterocycles. The molecule has 2 unspecified atom stereocenters.